The van der Waals surface area contributed by atoms with Gasteiger partial charge in [0.1, 0.15) is 23.7 Å². The van der Waals surface area contributed by atoms with E-state index < -0.39 is 5.82 Å². The fourth-order valence-electron chi connectivity index (χ4n) is 4.77. The van der Waals surface area contributed by atoms with Gasteiger partial charge in [-0.3, -0.25) is 9.89 Å². The van der Waals surface area contributed by atoms with Crippen LogP contribution in [-0.2, 0) is 4.79 Å². The number of hydrogen-bond acceptors (Lipinski definition) is 5. The van der Waals surface area contributed by atoms with E-state index in [-0.39, 0.29) is 34.6 Å². The van der Waals surface area contributed by atoms with Gasteiger partial charge in [0, 0.05) is 41.5 Å². The van der Waals surface area contributed by atoms with Crippen molar-refractivity contribution in [3.8, 4) is 11.1 Å². The number of nitrogens with one attached hydrogen (secondary N) is 1. The number of benzene rings is 2. The summed E-state index contributed by atoms with van der Waals surface area (Å²) in [6.07, 6.45) is 4.24. The molecule has 2 aromatic carbocycles. The average molecular weight is 490 g/mol. The first-order valence-electron chi connectivity index (χ1n) is 11.0. The maximum absolute atomic E-state index is 16.1. The molecule has 1 amide bonds. The van der Waals surface area contributed by atoms with Crippen LogP contribution in [0.15, 0.2) is 43.4 Å². The highest BCUT2D eigenvalue weighted by atomic mass is 35.5. The van der Waals surface area contributed by atoms with Gasteiger partial charge < -0.3 is 14.6 Å². The van der Waals surface area contributed by atoms with Crippen molar-refractivity contribution in [2.75, 3.05) is 31.1 Å². The highest BCUT2D eigenvalue weighted by Gasteiger charge is 2.33. The number of rotatable bonds is 4. The first kappa shape index (κ1) is 22.7. The van der Waals surface area contributed by atoms with Gasteiger partial charge in [-0.25, -0.2) is 20.9 Å². The second-order valence-electron chi connectivity index (χ2n) is 8.41. The normalized spacial score (nSPS) is 16.0. The second-order valence-corrected chi connectivity index (χ2v) is 8.81. The molecule has 1 fully saturated rings. The van der Waals surface area contributed by atoms with Crippen LogP contribution < -0.4 is 4.90 Å². The molecule has 8 nitrogen and oxygen atoms in total. The molecule has 3 heterocycles. The van der Waals surface area contributed by atoms with E-state index in [4.69, 9.17) is 18.2 Å². The lowest BCUT2D eigenvalue weighted by Gasteiger charge is -2.39. The molecule has 0 spiro atoms. The van der Waals surface area contributed by atoms with E-state index in [2.05, 4.69) is 31.6 Å². The predicted octanol–water partition coefficient (Wildman–Crippen LogP) is 4.40. The Morgan fingerprint density at radius 2 is 2.17 bits per heavy atom. The third-order valence-corrected chi connectivity index (χ3v) is 6.72. The number of anilines is 1. The molecule has 176 valence electrons. The third-order valence-electron chi connectivity index (χ3n) is 6.42. The number of nitrogens with zero attached hydrogens (tertiary/aromatic N) is 6. The van der Waals surface area contributed by atoms with Crippen molar-refractivity contribution >= 4 is 45.1 Å². The molecule has 1 aliphatic rings. The van der Waals surface area contributed by atoms with Gasteiger partial charge in [0.2, 0.25) is 12.5 Å². The summed E-state index contributed by atoms with van der Waals surface area (Å²) in [6, 6.07) is 5.14. The molecule has 35 heavy (non-hydrogen) atoms. The minimum absolute atomic E-state index is 0.145. The molecule has 1 saturated heterocycles. The zero-order chi connectivity index (χ0) is 24.7. The number of carbonyl (C=O) groups excluding carboxylic acids is 1. The predicted molar refractivity (Wildman–Crippen MR) is 134 cm³/mol. The van der Waals surface area contributed by atoms with Crippen molar-refractivity contribution in [2.45, 2.75) is 13.0 Å². The van der Waals surface area contributed by atoms with Crippen LogP contribution in [0.3, 0.4) is 0 Å². The molecule has 1 atom stereocenters. The number of aromatic nitrogens is 4. The number of aromatic amines is 1. The molecule has 10 heteroatoms. The van der Waals surface area contributed by atoms with E-state index in [1.54, 1.807) is 17.2 Å². The van der Waals surface area contributed by atoms with E-state index in [0.717, 1.165) is 16.5 Å². The number of piperazine rings is 1. The number of fused-ring (bicyclic) bond motifs is 2. The van der Waals surface area contributed by atoms with Crippen LogP contribution in [-0.4, -0.2) is 63.2 Å². The summed E-state index contributed by atoms with van der Waals surface area (Å²) in [4.78, 5) is 28.0. The van der Waals surface area contributed by atoms with Crippen LogP contribution in [0.25, 0.3) is 37.8 Å². The van der Waals surface area contributed by atoms with Crippen molar-refractivity contribution in [2.24, 2.45) is 0 Å². The third kappa shape index (κ3) is 3.76. The molecule has 5 rings (SSSR count). The van der Waals surface area contributed by atoms with Gasteiger partial charge in [0.15, 0.2) is 5.82 Å². The Hall–Kier alpha value is -4.03. The Labute approximate surface area is 205 Å². The molecule has 0 radical (unpaired) electrons. The van der Waals surface area contributed by atoms with Gasteiger partial charge in [-0.05, 0) is 30.7 Å². The molecular weight excluding hydrogens is 469 g/mol. The molecule has 0 aliphatic carbocycles. The van der Waals surface area contributed by atoms with Crippen molar-refractivity contribution in [3.05, 3.63) is 71.2 Å². The van der Waals surface area contributed by atoms with E-state index >= 15 is 4.39 Å². The minimum atomic E-state index is -0.536. The van der Waals surface area contributed by atoms with Crippen LogP contribution in [0.2, 0.25) is 5.02 Å². The molecule has 1 unspecified atom stereocenters. The Bertz CT molecular complexity index is 1530. The van der Waals surface area contributed by atoms with Gasteiger partial charge in [-0.15, -0.1) is 0 Å². The largest absolute Gasteiger partial charge is 0.352 e. The number of hydrogen-bond donors (Lipinski definition) is 1. The summed E-state index contributed by atoms with van der Waals surface area (Å²) in [6.45, 7) is 14.1. The molecule has 0 saturated carbocycles. The van der Waals surface area contributed by atoms with Crippen molar-refractivity contribution in [1.29, 1.82) is 0 Å². The van der Waals surface area contributed by atoms with Gasteiger partial charge in [-0.2, -0.15) is 5.10 Å². The maximum Gasteiger partial charge on any atom is 0.246 e. The molecule has 2 aromatic heterocycles. The van der Waals surface area contributed by atoms with Gasteiger partial charge in [-0.1, -0.05) is 24.2 Å². The standard InChI is InChI=1S/C25H21ClFN7O/c1-4-20(35)34-8-7-33(12-15(34)10-28-3)25-16-9-18(26)22(23(27)24(16)29-13-30-25)21-14(2)5-6-19-17(21)11-31-32-19/h4-6,9,11,13,15H,1,7-8,10,12H2,2H3,(H,31,32). The summed E-state index contributed by atoms with van der Waals surface area (Å²) >= 11 is 6.71. The topological polar surface area (TPSA) is 82.4 Å². The van der Waals surface area contributed by atoms with E-state index in [0.29, 0.717) is 36.4 Å². The molecule has 1 N–H and O–H groups in total. The Kier molecular flexibility index (Phi) is 5.83. The van der Waals surface area contributed by atoms with Gasteiger partial charge in [0.05, 0.1) is 16.7 Å². The van der Waals surface area contributed by atoms with Crippen molar-refractivity contribution < 1.29 is 9.18 Å². The van der Waals surface area contributed by atoms with Crippen LogP contribution in [0.5, 0.6) is 0 Å². The summed E-state index contributed by atoms with van der Waals surface area (Å²) in [5, 5.41) is 8.48. The lowest BCUT2D eigenvalue weighted by molar-refractivity contribution is -0.128. The van der Waals surface area contributed by atoms with Gasteiger partial charge in [0.25, 0.3) is 0 Å². The Balaban J connectivity index is 1.62. The number of amides is 1. The summed E-state index contributed by atoms with van der Waals surface area (Å²) in [7, 11) is 0. The van der Waals surface area contributed by atoms with Crippen LogP contribution in [0, 0.1) is 19.3 Å². The number of carbonyl (C=O) groups is 1. The number of aryl methyl sites for hydroxylation is 1. The molecule has 0 bridgehead atoms. The minimum Gasteiger partial charge on any atom is -0.352 e. The van der Waals surface area contributed by atoms with E-state index in [9.17, 15) is 4.79 Å². The highest BCUT2D eigenvalue weighted by Crippen LogP contribution is 2.41. The fraction of sp³-hybridized carbons (Fsp3) is 0.240. The van der Waals surface area contributed by atoms with Gasteiger partial charge >= 0.3 is 0 Å². The van der Waals surface area contributed by atoms with E-state index in [1.807, 2.05) is 24.0 Å². The lowest BCUT2D eigenvalue weighted by Crippen LogP contribution is -2.56. The average Bonchev–Trinajstić information content (AvgIpc) is 3.34. The Morgan fingerprint density at radius 1 is 1.34 bits per heavy atom. The first-order chi connectivity index (χ1) is 16.9. The van der Waals surface area contributed by atoms with Crippen LogP contribution in [0.1, 0.15) is 5.56 Å². The lowest BCUT2D eigenvalue weighted by atomic mass is 9.95. The van der Waals surface area contributed by atoms with E-state index in [1.165, 1.54) is 12.4 Å². The zero-order valence-corrected chi connectivity index (χ0v) is 19.7. The molecule has 4 aromatic rings. The highest BCUT2D eigenvalue weighted by molar-refractivity contribution is 6.35. The van der Waals surface area contributed by atoms with Crippen molar-refractivity contribution in [3.63, 3.8) is 0 Å². The van der Waals surface area contributed by atoms with Crippen LogP contribution >= 0.6 is 11.6 Å². The number of H-pyrrole nitrogens is 1. The smallest absolute Gasteiger partial charge is 0.246 e. The molecule has 1 aliphatic heterocycles. The quantitative estimate of drug-likeness (QED) is 0.339. The molecular formula is C25H21ClFN7O. The summed E-state index contributed by atoms with van der Waals surface area (Å²) < 4.78 is 16.1. The monoisotopic (exact) mass is 489 g/mol. The summed E-state index contributed by atoms with van der Waals surface area (Å²) in [5.74, 6) is -0.235. The first-order valence-corrected chi connectivity index (χ1v) is 11.4. The second kappa shape index (κ2) is 8.96. The van der Waals surface area contributed by atoms with Crippen LogP contribution in [0.4, 0.5) is 10.2 Å². The summed E-state index contributed by atoms with van der Waals surface area (Å²) in [5.41, 5.74) is 2.72. The zero-order valence-electron chi connectivity index (χ0n) is 18.9. The Morgan fingerprint density at radius 3 is 2.94 bits per heavy atom. The fourth-order valence-corrected chi connectivity index (χ4v) is 5.06. The van der Waals surface area contributed by atoms with Crippen molar-refractivity contribution in [1.82, 2.24) is 25.1 Å². The SMILES string of the molecule is [C-]#[N+]CC1CN(c2ncnc3c(F)c(-c4c(C)ccc5[nH]ncc45)c(Cl)cc23)CCN1C(=O)C=C. The number of halogens is 2. The maximum atomic E-state index is 16.1.